The molecule has 1 aliphatic heterocycles. The van der Waals surface area contributed by atoms with E-state index < -0.39 is 6.10 Å². The predicted molar refractivity (Wildman–Crippen MR) is 81.6 cm³/mol. The molecule has 3 nitrogen and oxygen atoms in total. The molecule has 0 aromatic heterocycles. The molecular formula is C17H26FNO2. The van der Waals surface area contributed by atoms with Crippen molar-refractivity contribution in [3.8, 4) is 0 Å². The highest BCUT2D eigenvalue weighted by molar-refractivity contribution is 5.18. The highest BCUT2D eigenvalue weighted by Gasteiger charge is 2.25. The summed E-state index contributed by atoms with van der Waals surface area (Å²) in [6, 6.07) is 6.69. The molecule has 0 bridgehead atoms. The van der Waals surface area contributed by atoms with Gasteiger partial charge in [-0.05, 0) is 57.7 Å². The normalized spacial score (nSPS) is 29.1. The predicted octanol–water partition coefficient (Wildman–Crippen LogP) is 3.18. The van der Waals surface area contributed by atoms with Crippen molar-refractivity contribution in [3.05, 3.63) is 35.6 Å². The summed E-state index contributed by atoms with van der Waals surface area (Å²) in [5, 5.41) is 13.8. The molecule has 0 spiro atoms. The highest BCUT2D eigenvalue weighted by atomic mass is 19.1. The van der Waals surface area contributed by atoms with Crippen molar-refractivity contribution in [2.45, 2.75) is 70.4 Å². The molecule has 4 unspecified atom stereocenters. The Morgan fingerprint density at radius 1 is 1.24 bits per heavy atom. The average molecular weight is 295 g/mol. The van der Waals surface area contributed by atoms with Crippen molar-refractivity contribution in [3.63, 3.8) is 0 Å². The summed E-state index contributed by atoms with van der Waals surface area (Å²) in [4.78, 5) is 0. The molecule has 2 rings (SSSR count). The molecule has 1 aromatic carbocycles. The van der Waals surface area contributed by atoms with E-state index in [2.05, 4.69) is 26.1 Å². The Morgan fingerprint density at radius 2 is 1.81 bits per heavy atom. The van der Waals surface area contributed by atoms with Crippen LogP contribution in [0.2, 0.25) is 0 Å². The number of halogens is 1. The summed E-state index contributed by atoms with van der Waals surface area (Å²) in [7, 11) is 0. The SMILES string of the molecule is CC(CC(O)c1ccc(F)cc1)NC1CC(C)OC(C)C1. The molecular weight excluding hydrogens is 269 g/mol. The maximum atomic E-state index is 12.9. The quantitative estimate of drug-likeness (QED) is 0.876. The first-order valence-electron chi connectivity index (χ1n) is 7.79. The van der Waals surface area contributed by atoms with Gasteiger partial charge in [0.05, 0.1) is 18.3 Å². The summed E-state index contributed by atoms with van der Waals surface area (Å²) >= 11 is 0. The van der Waals surface area contributed by atoms with Crippen LogP contribution >= 0.6 is 0 Å². The van der Waals surface area contributed by atoms with Gasteiger partial charge in [0, 0.05) is 12.1 Å². The van der Waals surface area contributed by atoms with Gasteiger partial charge in [-0.2, -0.15) is 0 Å². The number of aliphatic hydroxyl groups is 1. The largest absolute Gasteiger partial charge is 0.388 e. The summed E-state index contributed by atoms with van der Waals surface area (Å²) in [6.07, 6.45) is 2.61. The van der Waals surface area contributed by atoms with Gasteiger partial charge in [-0.1, -0.05) is 12.1 Å². The molecule has 118 valence electrons. The molecule has 4 atom stereocenters. The van der Waals surface area contributed by atoms with E-state index in [-0.39, 0.29) is 24.1 Å². The molecule has 0 aliphatic carbocycles. The first-order valence-corrected chi connectivity index (χ1v) is 7.79. The van der Waals surface area contributed by atoms with E-state index in [0.29, 0.717) is 12.5 Å². The third-order valence-corrected chi connectivity index (χ3v) is 4.05. The van der Waals surface area contributed by atoms with Crippen LogP contribution in [0, 0.1) is 5.82 Å². The maximum absolute atomic E-state index is 12.9. The Balaban J connectivity index is 1.83. The third-order valence-electron chi connectivity index (χ3n) is 4.05. The highest BCUT2D eigenvalue weighted by Crippen LogP contribution is 2.22. The van der Waals surface area contributed by atoms with Crippen LogP contribution in [-0.4, -0.2) is 29.4 Å². The second-order valence-corrected chi connectivity index (χ2v) is 6.30. The van der Waals surface area contributed by atoms with Gasteiger partial charge in [0.2, 0.25) is 0 Å². The van der Waals surface area contributed by atoms with Crippen molar-refractivity contribution in [1.82, 2.24) is 5.32 Å². The van der Waals surface area contributed by atoms with Crippen LogP contribution in [0.25, 0.3) is 0 Å². The number of hydrogen-bond donors (Lipinski definition) is 2. The first-order chi connectivity index (χ1) is 9.94. The molecule has 1 aliphatic rings. The fourth-order valence-electron chi connectivity index (χ4n) is 3.17. The molecule has 1 fully saturated rings. The van der Waals surface area contributed by atoms with E-state index in [1.807, 2.05) is 0 Å². The Kier molecular flexibility index (Phi) is 5.73. The van der Waals surface area contributed by atoms with E-state index in [4.69, 9.17) is 4.74 Å². The molecule has 0 amide bonds. The van der Waals surface area contributed by atoms with Crippen LogP contribution < -0.4 is 5.32 Å². The molecule has 0 radical (unpaired) electrons. The van der Waals surface area contributed by atoms with Crippen molar-refractivity contribution < 1.29 is 14.2 Å². The monoisotopic (exact) mass is 295 g/mol. The summed E-state index contributed by atoms with van der Waals surface area (Å²) in [5.74, 6) is -0.276. The van der Waals surface area contributed by atoms with E-state index in [1.165, 1.54) is 12.1 Å². The first kappa shape index (κ1) is 16.4. The second kappa shape index (κ2) is 7.34. The Hall–Kier alpha value is -0.970. The van der Waals surface area contributed by atoms with E-state index in [1.54, 1.807) is 12.1 Å². The lowest BCUT2D eigenvalue weighted by atomic mass is 9.97. The van der Waals surface area contributed by atoms with Gasteiger partial charge in [0.15, 0.2) is 0 Å². The molecule has 4 heteroatoms. The number of hydrogen-bond acceptors (Lipinski definition) is 3. The summed E-state index contributed by atoms with van der Waals surface area (Å²) in [6.45, 7) is 6.28. The van der Waals surface area contributed by atoms with Gasteiger partial charge in [-0.3, -0.25) is 0 Å². The van der Waals surface area contributed by atoms with Gasteiger partial charge in [-0.15, -0.1) is 0 Å². The molecule has 1 aromatic rings. The summed E-state index contributed by atoms with van der Waals surface area (Å²) < 4.78 is 18.6. The fraction of sp³-hybridized carbons (Fsp3) is 0.647. The Labute approximate surface area is 126 Å². The average Bonchev–Trinajstić information content (AvgIpc) is 2.37. The van der Waals surface area contributed by atoms with Gasteiger partial charge in [0.1, 0.15) is 5.82 Å². The smallest absolute Gasteiger partial charge is 0.123 e. The topological polar surface area (TPSA) is 41.5 Å². The third kappa shape index (κ3) is 5.06. The van der Waals surface area contributed by atoms with Crippen LogP contribution in [0.5, 0.6) is 0 Å². The standard InChI is InChI=1S/C17H26FNO2/c1-11(19-16-9-12(2)21-13(3)10-16)8-17(20)14-4-6-15(18)7-5-14/h4-7,11-13,16-17,19-20H,8-10H2,1-3H3. The maximum Gasteiger partial charge on any atom is 0.123 e. The minimum absolute atomic E-state index is 0.201. The molecule has 0 saturated carbocycles. The van der Waals surface area contributed by atoms with Gasteiger partial charge in [-0.25, -0.2) is 4.39 Å². The zero-order chi connectivity index (χ0) is 15.4. The lowest BCUT2D eigenvalue weighted by molar-refractivity contribution is -0.0439. The van der Waals surface area contributed by atoms with Crippen molar-refractivity contribution >= 4 is 0 Å². The second-order valence-electron chi connectivity index (χ2n) is 6.30. The minimum atomic E-state index is -0.567. The van der Waals surface area contributed by atoms with E-state index >= 15 is 0 Å². The number of benzene rings is 1. The Morgan fingerprint density at radius 3 is 2.38 bits per heavy atom. The molecule has 2 N–H and O–H groups in total. The van der Waals surface area contributed by atoms with E-state index in [0.717, 1.165) is 18.4 Å². The Bertz CT molecular complexity index is 427. The zero-order valence-corrected chi connectivity index (χ0v) is 13.1. The van der Waals surface area contributed by atoms with Crippen molar-refractivity contribution in [1.29, 1.82) is 0 Å². The van der Waals surface area contributed by atoms with Gasteiger partial charge in [0.25, 0.3) is 0 Å². The lowest BCUT2D eigenvalue weighted by Gasteiger charge is -2.34. The van der Waals surface area contributed by atoms with Crippen LogP contribution in [0.4, 0.5) is 4.39 Å². The van der Waals surface area contributed by atoms with Crippen LogP contribution in [-0.2, 0) is 4.74 Å². The molecule has 1 saturated heterocycles. The number of rotatable bonds is 5. The summed E-state index contributed by atoms with van der Waals surface area (Å²) in [5.41, 5.74) is 0.763. The van der Waals surface area contributed by atoms with E-state index in [9.17, 15) is 9.50 Å². The van der Waals surface area contributed by atoms with Crippen molar-refractivity contribution in [2.75, 3.05) is 0 Å². The number of ether oxygens (including phenoxy) is 1. The molecule has 1 heterocycles. The van der Waals surface area contributed by atoms with Gasteiger partial charge >= 0.3 is 0 Å². The zero-order valence-electron chi connectivity index (χ0n) is 13.1. The van der Waals surface area contributed by atoms with Crippen LogP contribution in [0.1, 0.15) is 51.7 Å². The minimum Gasteiger partial charge on any atom is -0.388 e. The number of aliphatic hydroxyl groups excluding tert-OH is 1. The molecule has 21 heavy (non-hydrogen) atoms. The van der Waals surface area contributed by atoms with Crippen LogP contribution in [0.15, 0.2) is 24.3 Å². The van der Waals surface area contributed by atoms with Crippen LogP contribution in [0.3, 0.4) is 0 Å². The number of nitrogens with one attached hydrogen (secondary N) is 1. The van der Waals surface area contributed by atoms with Gasteiger partial charge < -0.3 is 15.2 Å². The fourth-order valence-corrected chi connectivity index (χ4v) is 3.17. The van der Waals surface area contributed by atoms with Crippen molar-refractivity contribution in [2.24, 2.45) is 0 Å². The lowest BCUT2D eigenvalue weighted by Crippen LogP contribution is -2.45.